The lowest BCUT2D eigenvalue weighted by Crippen LogP contribution is -2.32. The predicted molar refractivity (Wildman–Crippen MR) is 96.0 cm³/mol. The molecule has 2 rings (SSSR count). The highest BCUT2D eigenvalue weighted by Crippen LogP contribution is 2.26. The molecule has 0 aromatic heterocycles. The first-order valence-corrected chi connectivity index (χ1v) is 8.22. The molecule has 1 N–H and O–H groups in total. The van der Waals surface area contributed by atoms with Crippen molar-refractivity contribution < 1.29 is 9.53 Å². The molecule has 0 bridgehead atoms. The summed E-state index contributed by atoms with van der Waals surface area (Å²) in [7, 11) is 0. The Morgan fingerprint density at radius 3 is 2.48 bits per heavy atom. The highest BCUT2D eigenvalue weighted by Gasteiger charge is 2.20. The van der Waals surface area contributed by atoms with E-state index in [9.17, 15) is 4.79 Å². The number of ether oxygens (including phenoxy) is 1. The third-order valence-corrected chi connectivity index (χ3v) is 4.25. The van der Waals surface area contributed by atoms with Crippen molar-refractivity contribution in [2.75, 3.05) is 5.32 Å². The third kappa shape index (κ3) is 4.77. The third-order valence-electron chi connectivity index (χ3n) is 3.26. The molecule has 0 aliphatic carbocycles. The van der Waals surface area contributed by atoms with Gasteiger partial charge >= 0.3 is 0 Å². The number of benzene rings is 2. The Bertz CT molecular complexity index is 719. The van der Waals surface area contributed by atoms with Crippen LogP contribution in [0.15, 0.2) is 36.4 Å². The molecule has 6 heteroatoms. The van der Waals surface area contributed by atoms with E-state index in [1.807, 2.05) is 13.8 Å². The van der Waals surface area contributed by atoms with Gasteiger partial charge in [-0.3, -0.25) is 4.79 Å². The predicted octanol–water partition coefficient (Wildman–Crippen LogP) is 5.75. The van der Waals surface area contributed by atoms with Gasteiger partial charge in [0.25, 0.3) is 5.91 Å². The number of hydrogen-bond donors (Lipinski definition) is 1. The van der Waals surface area contributed by atoms with Crippen molar-refractivity contribution in [2.24, 2.45) is 0 Å². The minimum atomic E-state index is -0.648. The normalized spacial score (nSPS) is 11.9. The lowest BCUT2D eigenvalue weighted by atomic mass is 10.2. The van der Waals surface area contributed by atoms with Crippen LogP contribution in [0, 0.1) is 6.92 Å². The molecule has 0 heterocycles. The van der Waals surface area contributed by atoms with Crippen LogP contribution in [0.2, 0.25) is 15.1 Å². The van der Waals surface area contributed by atoms with Crippen LogP contribution < -0.4 is 10.1 Å². The fourth-order valence-electron chi connectivity index (χ4n) is 1.98. The largest absolute Gasteiger partial charge is 0.481 e. The molecule has 3 nitrogen and oxygen atoms in total. The summed E-state index contributed by atoms with van der Waals surface area (Å²) in [6.45, 7) is 3.74. The van der Waals surface area contributed by atoms with Crippen LogP contribution in [0.25, 0.3) is 0 Å². The molecule has 0 aliphatic heterocycles. The van der Waals surface area contributed by atoms with Gasteiger partial charge in [-0.25, -0.2) is 0 Å². The van der Waals surface area contributed by atoms with Gasteiger partial charge in [-0.05, 0) is 55.3 Å². The van der Waals surface area contributed by atoms with E-state index in [1.165, 1.54) is 0 Å². The van der Waals surface area contributed by atoms with Gasteiger partial charge in [0.1, 0.15) is 5.75 Å². The lowest BCUT2D eigenvalue weighted by Gasteiger charge is -2.18. The van der Waals surface area contributed by atoms with E-state index in [0.717, 1.165) is 5.56 Å². The van der Waals surface area contributed by atoms with Crippen molar-refractivity contribution in [3.8, 4) is 5.75 Å². The highest BCUT2D eigenvalue weighted by atomic mass is 35.5. The van der Waals surface area contributed by atoms with Crippen LogP contribution in [0.5, 0.6) is 5.75 Å². The molecular formula is C17H16Cl3NO2. The molecule has 2 aromatic carbocycles. The van der Waals surface area contributed by atoms with Gasteiger partial charge in [-0.2, -0.15) is 0 Å². The highest BCUT2D eigenvalue weighted by molar-refractivity contribution is 6.35. The number of carbonyl (C=O) groups is 1. The molecule has 122 valence electrons. The Hall–Kier alpha value is -1.42. The smallest absolute Gasteiger partial charge is 0.265 e. The molecule has 2 aromatic rings. The minimum absolute atomic E-state index is 0.288. The van der Waals surface area contributed by atoms with Gasteiger partial charge < -0.3 is 10.1 Å². The summed E-state index contributed by atoms with van der Waals surface area (Å²) in [6, 6.07) is 10.2. The van der Waals surface area contributed by atoms with Crippen LogP contribution in [0.3, 0.4) is 0 Å². The molecule has 0 saturated carbocycles. The van der Waals surface area contributed by atoms with Crippen molar-refractivity contribution in [3.05, 3.63) is 57.0 Å². The summed E-state index contributed by atoms with van der Waals surface area (Å²) in [5.41, 5.74) is 1.34. The van der Waals surface area contributed by atoms with Gasteiger partial charge in [0, 0.05) is 10.0 Å². The molecule has 1 amide bonds. The van der Waals surface area contributed by atoms with Crippen LogP contribution in [-0.2, 0) is 4.79 Å². The Labute approximate surface area is 150 Å². The van der Waals surface area contributed by atoms with Crippen molar-refractivity contribution in [1.82, 2.24) is 0 Å². The zero-order chi connectivity index (χ0) is 17.0. The average molecular weight is 373 g/mol. The Morgan fingerprint density at radius 1 is 1.13 bits per heavy atom. The first-order valence-electron chi connectivity index (χ1n) is 7.09. The molecule has 23 heavy (non-hydrogen) atoms. The van der Waals surface area contributed by atoms with Crippen molar-refractivity contribution in [3.63, 3.8) is 0 Å². The zero-order valence-electron chi connectivity index (χ0n) is 12.7. The number of carbonyl (C=O) groups excluding carboxylic acids is 1. The van der Waals surface area contributed by atoms with Crippen LogP contribution >= 0.6 is 34.8 Å². The standard InChI is InChI=1S/C17H16Cl3NO2/c1-3-16(23-12-5-7-13(19)10(2)8-12)17(22)21-15-9-11(18)4-6-14(15)20/h4-9,16H,3H2,1-2H3,(H,21,22)/t16-/m0/s1. The van der Waals surface area contributed by atoms with E-state index < -0.39 is 6.10 Å². The SMILES string of the molecule is CC[C@H](Oc1ccc(Cl)c(C)c1)C(=O)Nc1cc(Cl)ccc1Cl. The van der Waals surface area contributed by atoms with Crippen LogP contribution in [0.4, 0.5) is 5.69 Å². The summed E-state index contributed by atoms with van der Waals surface area (Å²) in [5, 5.41) is 4.30. The number of rotatable bonds is 5. The first-order chi connectivity index (χ1) is 10.9. The van der Waals surface area contributed by atoms with Crippen molar-refractivity contribution in [1.29, 1.82) is 0 Å². The molecule has 0 radical (unpaired) electrons. The van der Waals surface area contributed by atoms with E-state index in [1.54, 1.807) is 36.4 Å². The number of nitrogens with one attached hydrogen (secondary N) is 1. The molecule has 1 atom stereocenters. The van der Waals surface area contributed by atoms with Crippen molar-refractivity contribution >= 4 is 46.4 Å². The van der Waals surface area contributed by atoms with E-state index in [4.69, 9.17) is 39.5 Å². The maximum absolute atomic E-state index is 12.4. The summed E-state index contributed by atoms with van der Waals surface area (Å²) in [5.74, 6) is 0.301. The second kappa shape index (κ2) is 7.91. The quantitative estimate of drug-likeness (QED) is 0.725. The maximum Gasteiger partial charge on any atom is 0.265 e. The zero-order valence-corrected chi connectivity index (χ0v) is 15.0. The summed E-state index contributed by atoms with van der Waals surface area (Å²) >= 11 is 18.0. The fraction of sp³-hybridized carbons (Fsp3) is 0.235. The number of amides is 1. The second-order valence-electron chi connectivity index (χ2n) is 5.04. The first kappa shape index (κ1) is 17.9. The van der Waals surface area contributed by atoms with Gasteiger partial charge in [-0.1, -0.05) is 41.7 Å². The van der Waals surface area contributed by atoms with Gasteiger partial charge in [0.05, 0.1) is 10.7 Å². The molecule has 0 spiro atoms. The Morgan fingerprint density at radius 2 is 1.83 bits per heavy atom. The number of anilines is 1. The number of halogens is 3. The molecular weight excluding hydrogens is 357 g/mol. The number of hydrogen-bond acceptors (Lipinski definition) is 2. The fourth-order valence-corrected chi connectivity index (χ4v) is 2.44. The van der Waals surface area contributed by atoms with Crippen molar-refractivity contribution in [2.45, 2.75) is 26.4 Å². The van der Waals surface area contributed by atoms with E-state index in [0.29, 0.717) is 32.9 Å². The topological polar surface area (TPSA) is 38.3 Å². The number of aryl methyl sites for hydroxylation is 1. The van der Waals surface area contributed by atoms with Gasteiger partial charge in [-0.15, -0.1) is 0 Å². The summed E-state index contributed by atoms with van der Waals surface area (Å²) < 4.78 is 5.76. The van der Waals surface area contributed by atoms with Crippen LogP contribution in [0.1, 0.15) is 18.9 Å². The molecule has 0 unspecified atom stereocenters. The van der Waals surface area contributed by atoms with Gasteiger partial charge in [0.15, 0.2) is 6.10 Å². The summed E-state index contributed by atoms with van der Waals surface area (Å²) in [4.78, 5) is 12.4. The summed E-state index contributed by atoms with van der Waals surface area (Å²) in [6.07, 6.45) is -0.142. The van der Waals surface area contributed by atoms with Gasteiger partial charge in [0.2, 0.25) is 0 Å². The molecule has 0 fully saturated rings. The molecule has 0 saturated heterocycles. The van der Waals surface area contributed by atoms with E-state index in [-0.39, 0.29) is 5.91 Å². The van der Waals surface area contributed by atoms with E-state index in [2.05, 4.69) is 5.32 Å². The monoisotopic (exact) mass is 371 g/mol. The lowest BCUT2D eigenvalue weighted by molar-refractivity contribution is -0.122. The minimum Gasteiger partial charge on any atom is -0.481 e. The van der Waals surface area contributed by atoms with Crippen LogP contribution in [-0.4, -0.2) is 12.0 Å². The molecule has 0 aliphatic rings. The maximum atomic E-state index is 12.4. The Balaban J connectivity index is 2.11. The van der Waals surface area contributed by atoms with E-state index >= 15 is 0 Å². The second-order valence-corrected chi connectivity index (χ2v) is 6.29. The average Bonchev–Trinajstić information content (AvgIpc) is 2.51. The Kier molecular flexibility index (Phi) is 6.17.